The second kappa shape index (κ2) is 6.24. The van der Waals surface area contributed by atoms with E-state index < -0.39 is 5.79 Å². The normalized spacial score (nSPS) is 20.4. The molecule has 2 fully saturated rings. The maximum atomic E-state index is 12.8. The molecule has 0 N–H and O–H groups in total. The summed E-state index contributed by atoms with van der Waals surface area (Å²) in [5.74, 6) is -0.385. The number of piperidine rings is 1. The zero-order chi connectivity index (χ0) is 15.7. The monoisotopic (exact) mass is 345 g/mol. The molecule has 2 aliphatic heterocycles. The predicted molar refractivity (Wildman–Crippen MR) is 82.8 cm³/mol. The third-order valence-electron chi connectivity index (χ3n) is 4.10. The average Bonchev–Trinajstić information content (AvgIpc) is 2.97. The van der Waals surface area contributed by atoms with Crippen LogP contribution in [0, 0.1) is 0 Å². The molecule has 0 saturated carbocycles. The quantitative estimate of drug-likeness (QED) is 0.826. The van der Waals surface area contributed by atoms with Crippen LogP contribution in [0.4, 0.5) is 0 Å². The summed E-state index contributed by atoms with van der Waals surface area (Å²) in [7, 11) is 1.47. The number of benzene rings is 1. The molecule has 7 heteroatoms. The van der Waals surface area contributed by atoms with E-state index in [1.54, 1.807) is 17.0 Å². The third kappa shape index (κ3) is 2.78. The maximum Gasteiger partial charge on any atom is 0.259 e. The molecule has 0 bridgehead atoms. The van der Waals surface area contributed by atoms with Gasteiger partial charge in [-0.1, -0.05) is 23.2 Å². The lowest BCUT2D eigenvalue weighted by Gasteiger charge is -2.37. The van der Waals surface area contributed by atoms with Crippen molar-refractivity contribution in [3.63, 3.8) is 0 Å². The van der Waals surface area contributed by atoms with E-state index in [0.29, 0.717) is 60.5 Å². The molecular weight excluding hydrogens is 329 g/mol. The van der Waals surface area contributed by atoms with Crippen molar-refractivity contribution in [2.75, 3.05) is 33.4 Å². The van der Waals surface area contributed by atoms with Gasteiger partial charge in [0.25, 0.3) is 5.91 Å². The summed E-state index contributed by atoms with van der Waals surface area (Å²) in [6.07, 6.45) is 1.30. The Bertz CT molecular complexity index is 577. The minimum Gasteiger partial charge on any atom is -0.494 e. The highest BCUT2D eigenvalue weighted by Crippen LogP contribution is 2.37. The molecule has 0 unspecified atom stereocenters. The van der Waals surface area contributed by atoms with Gasteiger partial charge in [0.15, 0.2) is 11.5 Å². The van der Waals surface area contributed by atoms with E-state index in [1.165, 1.54) is 7.11 Å². The molecular formula is C15H17Cl2NO4. The van der Waals surface area contributed by atoms with E-state index in [2.05, 4.69) is 0 Å². The molecule has 120 valence electrons. The molecule has 0 atom stereocenters. The van der Waals surface area contributed by atoms with Crippen LogP contribution in [0.5, 0.6) is 5.75 Å². The Labute approximate surface area is 139 Å². The van der Waals surface area contributed by atoms with E-state index in [0.717, 1.165) is 0 Å². The molecule has 1 aromatic carbocycles. The predicted octanol–water partition coefficient (Wildman–Crippen LogP) is 2.98. The Morgan fingerprint density at radius 1 is 1.18 bits per heavy atom. The van der Waals surface area contributed by atoms with Gasteiger partial charge < -0.3 is 19.1 Å². The van der Waals surface area contributed by atoms with Crippen LogP contribution in [-0.4, -0.2) is 50.0 Å². The third-order valence-corrected chi connectivity index (χ3v) is 4.72. The van der Waals surface area contributed by atoms with E-state index in [4.69, 9.17) is 37.4 Å². The Hall–Kier alpha value is -1.01. The summed E-state index contributed by atoms with van der Waals surface area (Å²) >= 11 is 12.3. The van der Waals surface area contributed by atoms with Crippen LogP contribution < -0.4 is 4.74 Å². The molecule has 1 spiro atoms. The van der Waals surface area contributed by atoms with Gasteiger partial charge in [-0.25, -0.2) is 0 Å². The van der Waals surface area contributed by atoms with E-state index in [1.807, 2.05) is 0 Å². The fourth-order valence-electron chi connectivity index (χ4n) is 2.93. The first kappa shape index (κ1) is 15.9. The molecule has 22 heavy (non-hydrogen) atoms. The molecule has 2 saturated heterocycles. The number of hydrogen-bond acceptors (Lipinski definition) is 4. The smallest absolute Gasteiger partial charge is 0.259 e. The number of rotatable bonds is 2. The number of methoxy groups -OCH3 is 1. The second-order valence-corrected chi connectivity index (χ2v) is 6.15. The van der Waals surface area contributed by atoms with Crippen LogP contribution >= 0.6 is 23.2 Å². The first-order valence-corrected chi connectivity index (χ1v) is 7.91. The molecule has 0 aliphatic carbocycles. The van der Waals surface area contributed by atoms with E-state index >= 15 is 0 Å². The van der Waals surface area contributed by atoms with Crippen LogP contribution in [0.2, 0.25) is 10.0 Å². The molecule has 0 radical (unpaired) electrons. The van der Waals surface area contributed by atoms with Gasteiger partial charge in [-0.05, 0) is 12.1 Å². The van der Waals surface area contributed by atoms with Gasteiger partial charge in [-0.3, -0.25) is 4.79 Å². The number of ether oxygens (including phenoxy) is 3. The molecule has 2 heterocycles. The standard InChI is InChI=1S/C15H17Cl2NO4/c1-20-13-11(17)3-2-10(16)12(13)14(19)18-6-4-15(5-7-18)21-8-9-22-15/h2-3H,4-9H2,1H3. The highest BCUT2D eigenvalue weighted by molar-refractivity contribution is 6.37. The lowest BCUT2D eigenvalue weighted by atomic mass is 10.0. The van der Waals surface area contributed by atoms with E-state index in [9.17, 15) is 4.79 Å². The van der Waals surface area contributed by atoms with Crippen LogP contribution in [0.1, 0.15) is 23.2 Å². The van der Waals surface area contributed by atoms with Gasteiger partial charge in [0.05, 0.1) is 30.4 Å². The second-order valence-electron chi connectivity index (χ2n) is 5.34. The SMILES string of the molecule is COc1c(Cl)ccc(Cl)c1C(=O)N1CCC2(CC1)OCCO2. The van der Waals surface area contributed by atoms with Crippen LogP contribution in [0.3, 0.4) is 0 Å². The minimum atomic E-state index is -0.515. The zero-order valence-corrected chi connectivity index (χ0v) is 13.7. The van der Waals surface area contributed by atoms with Gasteiger partial charge in [0.1, 0.15) is 5.56 Å². The van der Waals surface area contributed by atoms with Gasteiger partial charge in [-0.15, -0.1) is 0 Å². The number of carbonyl (C=O) groups is 1. The van der Waals surface area contributed by atoms with Crippen LogP contribution in [0.25, 0.3) is 0 Å². The largest absolute Gasteiger partial charge is 0.494 e. The molecule has 5 nitrogen and oxygen atoms in total. The minimum absolute atomic E-state index is 0.183. The van der Waals surface area contributed by atoms with E-state index in [-0.39, 0.29) is 5.91 Å². The first-order chi connectivity index (χ1) is 10.6. The Balaban J connectivity index is 1.79. The number of halogens is 2. The summed E-state index contributed by atoms with van der Waals surface area (Å²) < 4.78 is 16.6. The Morgan fingerprint density at radius 2 is 1.77 bits per heavy atom. The van der Waals surface area contributed by atoms with Gasteiger partial charge in [0, 0.05) is 25.9 Å². The van der Waals surface area contributed by atoms with Crippen molar-refractivity contribution in [3.8, 4) is 5.75 Å². The number of carbonyl (C=O) groups excluding carboxylic acids is 1. The lowest BCUT2D eigenvalue weighted by Crippen LogP contribution is -2.47. The first-order valence-electron chi connectivity index (χ1n) is 7.15. The van der Waals surface area contributed by atoms with Gasteiger partial charge >= 0.3 is 0 Å². The Morgan fingerprint density at radius 3 is 2.36 bits per heavy atom. The summed E-state index contributed by atoms with van der Waals surface area (Å²) in [5, 5.41) is 0.700. The van der Waals surface area contributed by atoms with Gasteiger partial charge in [-0.2, -0.15) is 0 Å². The number of nitrogens with zero attached hydrogens (tertiary/aromatic N) is 1. The molecule has 1 aromatic rings. The van der Waals surface area contributed by atoms with Crippen molar-refractivity contribution < 1.29 is 19.0 Å². The van der Waals surface area contributed by atoms with Crippen molar-refractivity contribution >= 4 is 29.1 Å². The van der Waals surface area contributed by atoms with Crippen molar-refractivity contribution in [1.29, 1.82) is 0 Å². The van der Waals surface area contributed by atoms with Crippen LogP contribution in [0.15, 0.2) is 12.1 Å². The van der Waals surface area contributed by atoms with Crippen molar-refractivity contribution in [3.05, 3.63) is 27.7 Å². The topological polar surface area (TPSA) is 48.0 Å². The van der Waals surface area contributed by atoms with Crippen LogP contribution in [-0.2, 0) is 9.47 Å². The maximum absolute atomic E-state index is 12.8. The molecule has 2 aliphatic rings. The summed E-state index contributed by atoms with van der Waals surface area (Å²) in [4.78, 5) is 14.5. The number of hydrogen-bond donors (Lipinski definition) is 0. The van der Waals surface area contributed by atoms with Crippen molar-refractivity contribution in [2.24, 2.45) is 0 Å². The van der Waals surface area contributed by atoms with Crippen molar-refractivity contribution in [2.45, 2.75) is 18.6 Å². The lowest BCUT2D eigenvalue weighted by molar-refractivity contribution is -0.181. The summed E-state index contributed by atoms with van der Waals surface area (Å²) in [6, 6.07) is 3.22. The summed E-state index contributed by atoms with van der Waals surface area (Å²) in [5.41, 5.74) is 0.306. The highest BCUT2D eigenvalue weighted by Gasteiger charge is 2.41. The average molecular weight is 346 g/mol. The molecule has 0 aromatic heterocycles. The molecule has 3 rings (SSSR count). The zero-order valence-electron chi connectivity index (χ0n) is 12.2. The highest BCUT2D eigenvalue weighted by atomic mass is 35.5. The molecule has 1 amide bonds. The van der Waals surface area contributed by atoms with Gasteiger partial charge in [0.2, 0.25) is 0 Å². The van der Waals surface area contributed by atoms with Crippen molar-refractivity contribution in [1.82, 2.24) is 4.90 Å². The number of amides is 1. The fourth-order valence-corrected chi connectivity index (χ4v) is 3.39. The fraction of sp³-hybridized carbons (Fsp3) is 0.533. The Kier molecular flexibility index (Phi) is 4.50. The summed E-state index contributed by atoms with van der Waals surface area (Å²) in [6.45, 7) is 2.32. The number of likely N-dealkylation sites (tertiary alicyclic amines) is 1.